The van der Waals surface area contributed by atoms with E-state index in [9.17, 15) is 26.7 Å². The Morgan fingerprint density at radius 2 is 1.86 bits per heavy atom. The average molecular weight is 522 g/mol. The molecule has 2 heterocycles. The number of benzene rings is 2. The number of hydrogen-bond donors (Lipinski definition) is 2. The van der Waals surface area contributed by atoms with E-state index in [-0.39, 0.29) is 35.6 Å². The molecular weight excluding hydrogens is 503 g/mol. The van der Waals surface area contributed by atoms with Crippen LogP contribution in [0.15, 0.2) is 42.7 Å². The minimum absolute atomic E-state index is 0.0511. The third-order valence-corrected chi connectivity index (χ3v) is 5.51. The molecule has 0 aliphatic heterocycles. The van der Waals surface area contributed by atoms with Crippen molar-refractivity contribution >= 4 is 22.7 Å². The molecule has 0 unspecified atom stereocenters. The van der Waals surface area contributed by atoms with Crippen molar-refractivity contribution in [2.45, 2.75) is 19.8 Å². The van der Waals surface area contributed by atoms with Crippen LogP contribution >= 0.6 is 0 Å². The molecular formula is C24H19F5N4O4. The molecule has 0 saturated heterocycles. The molecule has 2 aromatic heterocycles. The second kappa shape index (κ2) is 9.91. The average Bonchev–Trinajstić information content (AvgIpc) is 3.16. The van der Waals surface area contributed by atoms with Crippen LogP contribution in [0, 0.1) is 18.6 Å². The summed E-state index contributed by atoms with van der Waals surface area (Å²) in [5.41, 5.74) is 0.408. The Kier molecular flexibility index (Phi) is 6.88. The summed E-state index contributed by atoms with van der Waals surface area (Å²) in [4.78, 5) is 19.4. The Morgan fingerprint density at radius 3 is 2.54 bits per heavy atom. The predicted octanol–water partition coefficient (Wildman–Crippen LogP) is 5.40. The fraction of sp³-hybridized carbons (Fsp3) is 0.208. The van der Waals surface area contributed by atoms with Crippen LogP contribution in [0.4, 0.5) is 27.8 Å². The summed E-state index contributed by atoms with van der Waals surface area (Å²) in [6.07, 6.45) is -3.92. The lowest BCUT2D eigenvalue weighted by Gasteiger charge is -2.13. The van der Waals surface area contributed by atoms with Crippen molar-refractivity contribution in [1.29, 1.82) is 0 Å². The van der Waals surface area contributed by atoms with Gasteiger partial charge in [-0.05, 0) is 25.1 Å². The second-order valence-electron chi connectivity index (χ2n) is 7.85. The maximum absolute atomic E-state index is 14.6. The van der Waals surface area contributed by atoms with Crippen LogP contribution < -0.4 is 14.8 Å². The minimum atomic E-state index is -5.09. The fourth-order valence-electron chi connectivity index (χ4n) is 3.90. The van der Waals surface area contributed by atoms with Gasteiger partial charge in [-0.15, -0.1) is 13.2 Å². The van der Waals surface area contributed by atoms with Crippen molar-refractivity contribution in [1.82, 2.24) is 14.5 Å². The number of carboxylic acid groups (broad SMARTS) is 1. The molecule has 0 saturated carbocycles. The van der Waals surface area contributed by atoms with E-state index in [4.69, 9.17) is 9.84 Å². The summed E-state index contributed by atoms with van der Waals surface area (Å²) in [6.45, 7) is 2.18. The van der Waals surface area contributed by atoms with Gasteiger partial charge in [-0.1, -0.05) is 6.07 Å². The fourth-order valence-corrected chi connectivity index (χ4v) is 3.90. The van der Waals surface area contributed by atoms with Crippen LogP contribution in [0.3, 0.4) is 0 Å². The Hall–Kier alpha value is -4.42. The molecule has 8 nitrogen and oxygen atoms in total. The van der Waals surface area contributed by atoms with Crippen molar-refractivity contribution in [3.05, 3.63) is 65.6 Å². The van der Waals surface area contributed by atoms with Gasteiger partial charge in [-0.25, -0.2) is 23.5 Å². The molecule has 2 N–H and O–H groups in total. The molecule has 4 aromatic rings. The molecule has 0 radical (unpaired) electrons. The molecule has 0 spiro atoms. The van der Waals surface area contributed by atoms with Crippen LogP contribution in [-0.2, 0) is 6.54 Å². The monoisotopic (exact) mass is 522 g/mol. The smallest absolute Gasteiger partial charge is 0.496 e. The SMILES string of the molecule is COc1cc(F)c(F)c2c1cc(C)n2CCNc1cc(-c2ccc(C(=O)O)c(OC(F)(F)F)c2)ncn1. The van der Waals surface area contributed by atoms with Crippen molar-refractivity contribution in [3.63, 3.8) is 0 Å². The number of aromatic nitrogens is 3. The van der Waals surface area contributed by atoms with Gasteiger partial charge < -0.3 is 24.5 Å². The first-order valence-electron chi connectivity index (χ1n) is 10.7. The van der Waals surface area contributed by atoms with Gasteiger partial charge in [0.15, 0.2) is 11.6 Å². The maximum Gasteiger partial charge on any atom is 0.573 e. The number of aromatic carboxylic acids is 1. The van der Waals surface area contributed by atoms with Gasteiger partial charge in [-0.2, -0.15) is 0 Å². The number of halogens is 5. The molecule has 4 rings (SSSR count). The van der Waals surface area contributed by atoms with Crippen molar-refractivity contribution < 1.29 is 41.3 Å². The quantitative estimate of drug-likeness (QED) is 0.299. The summed E-state index contributed by atoms with van der Waals surface area (Å²) in [6, 6.07) is 7.30. The summed E-state index contributed by atoms with van der Waals surface area (Å²) in [7, 11) is 1.36. The summed E-state index contributed by atoms with van der Waals surface area (Å²) in [5.74, 6) is -4.02. The van der Waals surface area contributed by atoms with Gasteiger partial charge in [0, 0.05) is 41.9 Å². The third kappa shape index (κ3) is 5.39. The van der Waals surface area contributed by atoms with Crippen LogP contribution in [0.2, 0.25) is 0 Å². The standard InChI is InChI=1S/C24H19F5N4O4/c1-12-7-15-18(36-2)9-16(25)21(26)22(15)33(12)6-5-30-20-10-17(31-11-32-20)13-3-4-14(23(34)35)19(8-13)37-24(27,28)29/h3-4,7-11H,5-6H2,1-2H3,(H,34,35)(H,30,31,32). The molecule has 37 heavy (non-hydrogen) atoms. The molecule has 0 aliphatic carbocycles. The Labute approximate surface area is 206 Å². The van der Waals surface area contributed by atoms with E-state index in [1.807, 2.05) is 0 Å². The molecule has 13 heteroatoms. The topological polar surface area (TPSA) is 98.5 Å². The zero-order valence-electron chi connectivity index (χ0n) is 19.4. The van der Waals surface area contributed by atoms with E-state index in [0.717, 1.165) is 18.2 Å². The lowest BCUT2D eigenvalue weighted by atomic mass is 10.1. The lowest BCUT2D eigenvalue weighted by molar-refractivity contribution is -0.274. The maximum atomic E-state index is 14.6. The number of nitrogens with one attached hydrogen (secondary N) is 1. The zero-order valence-corrected chi connectivity index (χ0v) is 19.4. The van der Waals surface area contributed by atoms with Crippen molar-refractivity contribution in [2.24, 2.45) is 0 Å². The zero-order chi connectivity index (χ0) is 26.9. The van der Waals surface area contributed by atoms with E-state index in [1.54, 1.807) is 17.6 Å². The summed E-state index contributed by atoms with van der Waals surface area (Å²) >= 11 is 0. The molecule has 2 aromatic carbocycles. The number of methoxy groups -OCH3 is 1. The molecule has 0 amide bonds. The number of alkyl halides is 3. The lowest BCUT2D eigenvalue weighted by Crippen LogP contribution is -2.19. The molecule has 194 valence electrons. The number of aryl methyl sites for hydroxylation is 1. The number of carbonyl (C=O) groups is 1. The highest BCUT2D eigenvalue weighted by atomic mass is 19.4. The second-order valence-corrected chi connectivity index (χ2v) is 7.85. The predicted molar refractivity (Wildman–Crippen MR) is 123 cm³/mol. The van der Waals surface area contributed by atoms with E-state index >= 15 is 0 Å². The van der Waals surface area contributed by atoms with Gasteiger partial charge >= 0.3 is 12.3 Å². The van der Waals surface area contributed by atoms with Crippen LogP contribution in [-0.4, -0.2) is 45.6 Å². The largest absolute Gasteiger partial charge is 0.573 e. The highest BCUT2D eigenvalue weighted by Crippen LogP contribution is 2.33. The van der Waals surface area contributed by atoms with Gasteiger partial charge in [0.2, 0.25) is 0 Å². The van der Waals surface area contributed by atoms with Gasteiger partial charge in [0.1, 0.15) is 29.2 Å². The highest BCUT2D eigenvalue weighted by Gasteiger charge is 2.33. The number of hydrogen-bond acceptors (Lipinski definition) is 6. The van der Waals surface area contributed by atoms with Crippen molar-refractivity contribution in [2.75, 3.05) is 19.0 Å². The summed E-state index contributed by atoms with van der Waals surface area (Å²) in [5, 5.41) is 12.6. The molecule has 0 atom stereocenters. The van der Waals surface area contributed by atoms with Gasteiger partial charge in [0.05, 0.1) is 18.3 Å². The number of rotatable bonds is 8. The highest BCUT2D eigenvalue weighted by molar-refractivity contribution is 5.92. The number of fused-ring (bicyclic) bond motifs is 1. The Bertz CT molecular complexity index is 1490. The normalized spacial score (nSPS) is 11.5. The number of anilines is 1. The minimum Gasteiger partial charge on any atom is -0.496 e. The molecule has 0 aliphatic rings. The first-order chi connectivity index (χ1) is 17.5. The number of ether oxygens (including phenoxy) is 2. The van der Waals surface area contributed by atoms with Gasteiger partial charge in [-0.3, -0.25) is 0 Å². The van der Waals surface area contributed by atoms with Crippen LogP contribution in [0.5, 0.6) is 11.5 Å². The third-order valence-electron chi connectivity index (χ3n) is 5.51. The number of carboxylic acids is 1. The summed E-state index contributed by atoms with van der Waals surface area (Å²) < 4.78 is 77.5. The van der Waals surface area contributed by atoms with E-state index in [1.165, 1.54) is 25.6 Å². The van der Waals surface area contributed by atoms with Crippen LogP contribution in [0.1, 0.15) is 16.1 Å². The van der Waals surface area contributed by atoms with E-state index < -0.39 is 35.3 Å². The van der Waals surface area contributed by atoms with Gasteiger partial charge in [0.25, 0.3) is 0 Å². The van der Waals surface area contributed by atoms with E-state index in [2.05, 4.69) is 20.0 Å². The molecule has 0 fully saturated rings. The Morgan fingerprint density at radius 1 is 1.11 bits per heavy atom. The van der Waals surface area contributed by atoms with Crippen LogP contribution in [0.25, 0.3) is 22.2 Å². The first kappa shape index (κ1) is 25.7. The first-order valence-corrected chi connectivity index (χ1v) is 10.7. The number of nitrogens with zero attached hydrogens (tertiary/aromatic N) is 3. The van der Waals surface area contributed by atoms with Crippen molar-refractivity contribution in [3.8, 4) is 22.8 Å². The van der Waals surface area contributed by atoms with E-state index in [0.29, 0.717) is 16.9 Å². The molecule has 0 bridgehead atoms. The Balaban J connectivity index is 1.56.